The van der Waals surface area contributed by atoms with Gasteiger partial charge in [0, 0.05) is 0 Å². The van der Waals surface area contributed by atoms with Gasteiger partial charge in [0.2, 0.25) is 0 Å². The van der Waals surface area contributed by atoms with E-state index in [2.05, 4.69) is 19.1 Å². The molecule has 0 aliphatic heterocycles. The quantitative estimate of drug-likeness (QED) is 0.449. The van der Waals surface area contributed by atoms with Crippen molar-refractivity contribution < 1.29 is 0 Å². The Hall–Kier alpha value is 0.440. The molecule has 0 saturated heterocycles. The molecule has 0 aliphatic rings. The number of rotatable bonds is 2. The van der Waals surface area contributed by atoms with Crippen molar-refractivity contribution in [1.29, 1.82) is 0 Å². The minimum absolute atomic E-state index is 0.177. The van der Waals surface area contributed by atoms with Crippen LogP contribution in [0.5, 0.6) is 0 Å². The van der Waals surface area contributed by atoms with Crippen molar-refractivity contribution in [2.45, 2.75) is 6.92 Å². The SMILES string of the molecule is C=C(C)S[SH](C)C. The van der Waals surface area contributed by atoms with E-state index in [0.717, 1.165) is 0 Å². The van der Waals surface area contributed by atoms with Crippen molar-refractivity contribution in [3.63, 3.8) is 0 Å². The zero-order valence-corrected chi connectivity index (χ0v) is 6.77. The summed E-state index contributed by atoms with van der Waals surface area (Å²) in [5, 5.41) is 0. The average Bonchev–Trinajstić information content (AvgIpc) is 1.27. The summed E-state index contributed by atoms with van der Waals surface area (Å²) in [4.78, 5) is 1.23. The molecule has 0 radical (unpaired) electrons. The van der Waals surface area contributed by atoms with E-state index in [1.807, 2.05) is 17.7 Å². The first kappa shape index (κ1) is 7.44. The summed E-state index contributed by atoms with van der Waals surface area (Å²) < 4.78 is 0. The molecule has 0 spiro atoms. The van der Waals surface area contributed by atoms with Gasteiger partial charge in [-0.3, -0.25) is 0 Å². The third-order valence-electron chi connectivity index (χ3n) is 0.338. The summed E-state index contributed by atoms with van der Waals surface area (Å²) in [6.07, 6.45) is 4.46. The monoisotopic (exact) mass is 136 g/mol. The molecule has 0 fully saturated rings. The summed E-state index contributed by atoms with van der Waals surface area (Å²) in [7, 11) is 2.06. The molecule has 44 valence electrons. The van der Waals surface area contributed by atoms with Crippen molar-refractivity contribution >= 4 is 20.7 Å². The molecule has 0 aromatic heterocycles. The lowest BCUT2D eigenvalue weighted by Gasteiger charge is -2.05. The highest BCUT2D eigenvalue weighted by Gasteiger charge is 1.85. The van der Waals surface area contributed by atoms with Crippen LogP contribution in [0.2, 0.25) is 0 Å². The van der Waals surface area contributed by atoms with E-state index in [1.54, 1.807) is 0 Å². The molecule has 0 nitrogen and oxygen atoms in total. The molecular weight excluding hydrogens is 124 g/mol. The van der Waals surface area contributed by atoms with Gasteiger partial charge in [0.25, 0.3) is 0 Å². The smallest absolute Gasteiger partial charge is 0.0162 e. The van der Waals surface area contributed by atoms with Crippen LogP contribution >= 0.6 is 20.7 Å². The van der Waals surface area contributed by atoms with Gasteiger partial charge in [-0.1, -0.05) is 17.4 Å². The molecule has 0 N–H and O–H groups in total. The number of thiol groups is 1. The van der Waals surface area contributed by atoms with Crippen LogP contribution in [0.3, 0.4) is 0 Å². The predicted molar refractivity (Wildman–Crippen MR) is 43.2 cm³/mol. The maximum Gasteiger partial charge on any atom is -0.0162 e. The second-order valence-electron chi connectivity index (χ2n) is 1.61. The topological polar surface area (TPSA) is 0 Å². The standard InChI is InChI=1S/C5H12S2/c1-5(2)6-7(3)4/h7H,1H2,2-4H3. The largest absolute Gasteiger partial charge is 0.206 e. The Labute approximate surface area is 52.1 Å². The molecule has 0 aromatic rings. The van der Waals surface area contributed by atoms with E-state index in [9.17, 15) is 0 Å². The Bertz CT molecular complexity index is 66.5. The fraction of sp³-hybridized carbons (Fsp3) is 0.600. The number of hydrogen-bond donors (Lipinski definition) is 1. The number of hydrogen-bond acceptors (Lipinski definition) is 1. The minimum Gasteiger partial charge on any atom is -0.206 e. The Morgan fingerprint density at radius 1 is 1.57 bits per heavy atom. The van der Waals surface area contributed by atoms with Crippen LogP contribution in [0.1, 0.15) is 6.92 Å². The molecule has 0 aromatic carbocycles. The predicted octanol–water partition coefficient (Wildman–Crippen LogP) is 2.43. The molecule has 0 aliphatic carbocycles. The molecule has 0 heterocycles. The molecule has 2 heteroatoms. The van der Waals surface area contributed by atoms with Crippen LogP contribution < -0.4 is 0 Å². The summed E-state index contributed by atoms with van der Waals surface area (Å²) >= 11 is 0. The van der Waals surface area contributed by atoms with E-state index >= 15 is 0 Å². The zero-order valence-electron chi connectivity index (χ0n) is 5.06. The van der Waals surface area contributed by atoms with E-state index in [1.165, 1.54) is 4.91 Å². The van der Waals surface area contributed by atoms with E-state index in [0.29, 0.717) is 0 Å². The second-order valence-corrected chi connectivity index (χ2v) is 6.85. The maximum absolute atomic E-state index is 3.77. The summed E-state index contributed by atoms with van der Waals surface area (Å²) in [5.74, 6) is 0. The average molecular weight is 136 g/mol. The number of allylic oxidation sites excluding steroid dienone is 1. The fourth-order valence-corrected chi connectivity index (χ4v) is 2.81. The lowest BCUT2D eigenvalue weighted by atomic mass is 10.8. The van der Waals surface area contributed by atoms with Crippen LogP contribution in [0.15, 0.2) is 11.5 Å². The van der Waals surface area contributed by atoms with E-state index in [-0.39, 0.29) is 9.93 Å². The second kappa shape index (κ2) is 3.44. The van der Waals surface area contributed by atoms with Gasteiger partial charge in [-0.25, -0.2) is 9.93 Å². The van der Waals surface area contributed by atoms with E-state index in [4.69, 9.17) is 0 Å². The highest BCUT2D eigenvalue weighted by molar-refractivity contribution is 8.86. The van der Waals surface area contributed by atoms with Crippen molar-refractivity contribution in [3.05, 3.63) is 11.5 Å². The Morgan fingerprint density at radius 3 is 2.00 bits per heavy atom. The first-order valence-electron chi connectivity index (χ1n) is 2.13. The highest BCUT2D eigenvalue weighted by atomic mass is 33.1. The van der Waals surface area contributed by atoms with Gasteiger partial charge in [-0.05, 0) is 24.3 Å². The lowest BCUT2D eigenvalue weighted by Crippen LogP contribution is -1.61. The molecule has 0 amide bonds. The molecule has 7 heavy (non-hydrogen) atoms. The molecule has 0 atom stereocenters. The first-order chi connectivity index (χ1) is 3.13. The summed E-state index contributed by atoms with van der Waals surface area (Å²) in [5.41, 5.74) is 0. The Kier molecular flexibility index (Phi) is 3.66. The zero-order chi connectivity index (χ0) is 5.86. The van der Waals surface area contributed by atoms with Crippen LogP contribution in [0.4, 0.5) is 0 Å². The van der Waals surface area contributed by atoms with Crippen molar-refractivity contribution in [1.82, 2.24) is 0 Å². The summed E-state index contributed by atoms with van der Waals surface area (Å²) in [6, 6.07) is 0. The normalized spacial score (nSPS) is 11.0. The molecule has 0 rings (SSSR count). The Balaban J connectivity index is 3.13. The van der Waals surface area contributed by atoms with Gasteiger partial charge < -0.3 is 0 Å². The van der Waals surface area contributed by atoms with Gasteiger partial charge in [-0.2, -0.15) is 0 Å². The van der Waals surface area contributed by atoms with Gasteiger partial charge in [0.05, 0.1) is 0 Å². The molecule has 0 unspecified atom stereocenters. The van der Waals surface area contributed by atoms with Crippen LogP contribution in [-0.4, -0.2) is 12.5 Å². The highest BCUT2D eigenvalue weighted by Crippen LogP contribution is 2.37. The fourth-order valence-electron chi connectivity index (χ4n) is 0.312. The van der Waals surface area contributed by atoms with Gasteiger partial charge in [-0.15, -0.1) is 0 Å². The summed E-state index contributed by atoms with van der Waals surface area (Å²) in [6.45, 7) is 5.82. The lowest BCUT2D eigenvalue weighted by molar-refractivity contribution is 1.74. The van der Waals surface area contributed by atoms with Crippen molar-refractivity contribution in [3.8, 4) is 0 Å². The van der Waals surface area contributed by atoms with E-state index < -0.39 is 0 Å². The molecular formula is C5H12S2. The van der Waals surface area contributed by atoms with Crippen molar-refractivity contribution in [2.24, 2.45) is 0 Å². The maximum atomic E-state index is 3.77. The van der Waals surface area contributed by atoms with Crippen LogP contribution in [-0.2, 0) is 0 Å². The minimum atomic E-state index is 0.177. The van der Waals surface area contributed by atoms with Crippen LogP contribution in [0.25, 0.3) is 0 Å². The van der Waals surface area contributed by atoms with Gasteiger partial charge in [0.1, 0.15) is 0 Å². The van der Waals surface area contributed by atoms with Gasteiger partial charge >= 0.3 is 0 Å². The third kappa shape index (κ3) is 6.44. The molecule has 0 bridgehead atoms. The molecule has 0 saturated carbocycles. The first-order valence-corrected chi connectivity index (χ1v) is 5.79. The Morgan fingerprint density at radius 2 is 2.00 bits per heavy atom. The van der Waals surface area contributed by atoms with Crippen molar-refractivity contribution in [2.75, 3.05) is 12.5 Å². The van der Waals surface area contributed by atoms with Crippen LogP contribution in [0, 0.1) is 0 Å². The van der Waals surface area contributed by atoms with Gasteiger partial charge in [0.15, 0.2) is 0 Å². The third-order valence-corrected chi connectivity index (χ3v) is 3.05.